The molecular weight excluding hydrogens is 633 g/mol. The number of sulfone groups is 1. The maximum Gasteiger partial charge on any atom is 0.296 e. The van der Waals surface area contributed by atoms with Crippen LogP contribution in [-0.2, 0) is 24.7 Å². The summed E-state index contributed by atoms with van der Waals surface area (Å²) in [6.07, 6.45) is 0. The molecule has 0 aliphatic heterocycles. The van der Waals surface area contributed by atoms with Gasteiger partial charge in [0, 0.05) is 34.4 Å². The predicted octanol–water partition coefficient (Wildman–Crippen LogP) is 4.77. The Hall–Kier alpha value is -4.95. The van der Waals surface area contributed by atoms with Crippen LogP contribution in [0.4, 0.5) is 11.4 Å². The summed E-state index contributed by atoms with van der Waals surface area (Å²) in [7, 11) is -8.79. The minimum absolute atomic E-state index is 0.0119. The quantitative estimate of drug-likeness (QED) is 0.106. The average Bonchev–Trinajstić information content (AvgIpc) is 3.03. The Balaban J connectivity index is 1.65. The van der Waals surface area contributed by atoms with Gasteiger partial charge < -0.3 is 15.0 Å². The lowest BCUT2D eigenvalue weighted by Crippen LogP contribution is -2.25. The number of nitrogens with one attached hydrogen (secondary N) is 2. The first kappa shape index (κ1) is 31.0. The van der Waals surface area contributed by atoms with E-state index in [2.05, 4.69) is 10.3 Å². The van der Waals surface area contributed by atoms with Crippen LogP contribution in [0, 0.1) is 0 Å². The third-order valence-electron chi connectivity index (χ3n) is 7.64. The molecular formula is C33H26N2O9S2. The van der Waals surface area contributed by atoms with Crippen molar-refractivity contribution in [2.24, 2.45) is 0 Å². The van der Waals surface area contributed by atoms with Crippen molar-refractivity contribution in [3.63, 3.8) is 0 Å². The molecule has 3 N–H and O–H groups in total. The van der Waals surface area contributed by atoms with Crippen LogP contribution in [0.1, 0.15) is 38.8 Å². The highest BCUT2D eigenvalue weighted by atomic mass is 32.2. The number of ketones is 2. The fourth-order valence-electron chi connectivity index (χ4n) is 5.59. The van der Waals surface area contributed by atoms with E-state index in [1.807, 2.05) is 0 Å². The number of carbonyl (C=O) groups excluding carboxylic acids is 2. The molecule has 0 saturated heterocycles. The van der Waals surface area contributed by atoms with Gasteiger partial charge in [0.2, 0.25) is 0 Å². The Bertz CT molecular complexity index is 2350. The molecule has 1 heterocycles. The van der Waals surface area contributed by atoms with Crippen LogP contribution in [0.3, 0.4) is 0 Å². The fourth-order valence-corrected chi connectivity index (χ4v) is 7.44. The monoisotopic (exact) mass is 658 g/mol. The van der Waals surface area contributed by atoms with Crippen molar-refractivity contribution >= 4 is 53.8 Å². The molecule has 0 spiro atoms. The summed E-state index contributed by atoms with van der Waals surface area (Å²) in [5, 5.41) is 2.89. The molecule has 0 atom stereocenters. The summed E-state index contributed by atoms with van der Waals surface area (Å²) >= 11 is 0. The highest BCUT2D eigenvalue weighted by Crippen LogP contribution is 2.45. The van der Waals surface area contributed by atoms with Gasteiger partial charge in [-0.1, -0.05) is 60.7 Å². The average molecular weight is 659 g/mol. The van der Waals surface area contributed by atoms with Crippen molar-refractivity contribution in [2.45, 2.75) is 16.7 Å². The van der Waals surface area contributed by atoms with Crippen LogP contribution < -0.4 is 10.9 Å². The van der Waals surface area contributed by atoms with Crippen LogP contribution in [0.5, 0.6) is 0 Å². The summed E-state index contributed by atoms with van der Waals surface area (Å²) in [6.45, 7) is 2.08. The Morgan fingerprint density at radius 1 is 0.870 bits per heavy atom. The number of hydrogen-bond acceptors (Lipinski definition) is 9. The summed E-state index contributed by atoms with van der Waals surface area (Å²) in [5.74, 6) is -1.49. The molecule has 1 aliphatic rings. The highest BCUT2D eigenvalue weighted by Gasteiger charge is 2.35. The summed E-state index contributed by atoms with van der Waals surface area (Å²) in [5.41, 5.74) is -0.994. The Morgan fingerprint density at radius 2 is 1.57 bits per heavy atom. The lowest BCUT2D eigenvalue weighted by atomic mass is 9.80. The van der Waals surface area contributed by atoms with Crippen LogP contribution in [0.2, 0.25) is 0 Å². The number of pyridine rings is 1. The number of aromatic nitrogens is 1. The second kappa shape index (κ2) is 11.8. The molecule has 5 aromatic rings. The van der Waals surface area contributed by atoms with Gasteiger partial charge in [-0.25, -0.2) is 8.42 Å². The van der Waals surface area contributed by atoms with Crippen LogP contribution in [-0.4, -0.2) is 56.9 Å². The zero-order chi connectivity index (χ0) is 32.8. The SMILES string of the molecule is CCOCCS(=O)(=O)c1cccc(Nc2cc(S(=O)(=O)O)c3[nH]c(=O)c(C(=O)c4ccccc4)c4c3c2C(=O)c2ccccc2-4)c1. The van der Waals surface area contributed by atoms with Gasteiger partial charge >= 0.3 is 0 Å². The normalized spacial score (nSPS) is 12.6. The van der Waals surface area contributed by atoms with Gasteiger partial charge in [-0.2, -0.15) is 8.42 Å². The number of aromatic amines is 1. The Labute approximate surface area is 263 Å². The second-order valence-corrected chi connectivity index (χ2v) is 14.0. The van der Waals surface area contributed by atoms with E-state index in [-0.39, 0.29) is 72.9 Å². The van der Waals surface area contributed by atoms with Crippen LogP contribution in [0.15, 0.2) is 99.5 Å². The van der Waals surface area contributed by atoms with Gasteiger partial charge in [0.1, 0.15) is 4.90 Å². The van der Waals surface area contributed by atoms with E-state index in [1.165, 1.54) is 42.5 Å². The van der Waals surface area contributed by atoms with Gasteiger partial charge in [-0.15, -0.1) is 0 Å². The maximum atomic E-state index is 14.1. The van der Waals surface area contributed by atoms with E-state index in [0.717, 1.165) is 6.07 Å². The largest absolute Gasteiger partial charge is 0.381 e. The van der Waals surface area contributed by atoms with E-state index in [1.54, 1.807) is 43.3 Å². The molecule has 1 aromatic heterocycles. The van der Waals surface area contributed by atoms with E-state index < -0.39 is 42.0 Å². The zero-order valence-corrected chi connectivity index (χ0v) is 25.9. The standard InChI is InChI=1S/C33H26N2O9S2/c1-2-44-15-16-45(39,40)21-12-8-11-20(17-21)34-24-18-25(46(41,42)43)30-28-26(22-13-6-7-14-23(22)32(37)27(24)28)29(33(38)35-30)31(36)19-9-4-3-5-10-19/h3-14,17-18,34H,2,15-16H2,1H3,(H,35,38)(H,41,42,43). The molecule has 11 nitrogen and oxygen atoms in total. The summed E-state index contributed by atoms with van der Waals surface area (Å²) in [6, 6.07) is 21.0. The summed E-state index contributed by atoms with van der Waals surface area (Å²) < 4.78 is 66.8. The van der Waals surface area contributed by atoms with Crippen LogP contribution >= 0.6 is 0 Å². The summed E-state index contributed by atoms with van der Waals surface area (Å²) in [4.78, 5) is 43.3. The molecule has 0 unspecified atom stereocenters. The molecule has 0 radical (unpaired) electrons. The molecule has 4 aromatic carbocycles. The molecule has 0 amide bonds. The minimum atomic E-state index is -5.02. The first-order valence-corrected chi connectivity index (χ1v) is 17.2. The molecule has 46 heavy (non-hydrogen) atoms. The van der Waals surface area contributed by atoms with Gasteiger partial charge in [0.25, 0.3) is 15.7 Å². The molecule has 13 heteroatoms. The maximum absolute atomic E-state index is 14.1. The number of hydrogen-bond donors (Lipinski definition) is 3. The molecule has 0 fully saturated rings. The van der Waals surface area contributed by atoms with Crippen molar-refractivity contribution in [1.82, 2.24) is 4.98 Å². The lowest BCUT2D eigenvalue weighted by molar-refractivity contribution is 0.102. The van der Waals surface area contributed by atoms with Crippen molar-refractivity contribution in [2.75, 3.05) is 24.3 Å². The molecule has 6 rings (SSSR count). The highest BCUT2D eigenvalue weighted by molar-refractivity contribution is 7.91. The van der Waals surface area contributed by atoms with Gasteiger partial charge in [-0.05, 0) is 36.8 Å². The molecule has 234 valence electrons. The number of rotatable bonds is 10. The molecule has 0 saturated carbocycles. The number of fused-ring (bicyclic) bond motifs is 2. The second-order valence-electron chi connectivity index (χ2n) is 10.5. The van der Waals surface area contributed by atoms with Gasteiger partial charge in [-0.3, -0.25) is 18.9 Å². The fraction of sp³-hybridized carbons (Fsp3) is 0.121. The smallest absolute Gasteiger partial charge is 0.296 e. The van der Waals surface area contributed by atoms with Crippen LogP contribution in [0.25, 0.3) is 22.0 Å². The van der Waals surface area contributed by atoms with Crippen molar-refractivity contribution < 1.29 is 35.7 Å². The molecule has 0 bridgehead atoms. The Kier molecular flexibility index (Phi) is 7.94. The van der Waals surface area contributed by atoms with E-state index in [9.17, 15) is 35.8 Å². The first-order chi connectivity index (χ1) is 21.9. The topological polar surface area (TPSA) is 177 Å². The predicted molar refractivity (Wildman–Crippen MR) is 171 cm³/mol. The number of carbonyl (C=O) groups is 2. The number of ether oxygens (including phenoxy) is 1. The third-order valence-corrected chi connectivity index (χ3v) is 10.2. The van der Waals surface area contributed by atoms with Crippen molar-refractivity contribution in [1.29, 1.82) is 0 Å². The number of H-pyrrole nitrogens is 1. The zero-order valence-electron chi connectivity index (χ0n) is 24.2. The van der Waals surface area contributed by atoms with E-state index in [0.29, 0.717) is 6.61 Å². The first-order valence-electron chi connectivity index (χ1n) is 14.1. The Morgan fingerprint density at radius 3 is 2.26 bits per heavy atom. The van der Waals surface area contributed by atoms with Gasteiger partial charge in [0.05, 0.1) is 39.6 Å². The van der Waals surface area contributed by atoms with Crippen molar-refractivity contribution in [3.8, 4) is 11.1 Å². The lowest BCUT2D eigenvalue weighted by Gasteiger charge is -2.25. The number of benzene rings is 4. The minimum Gasteiger partial charge on any atom is -0.381 e. The van der Waals surface area contributed by atoms with Crippen molar-refractivity contribution in [3.05, 3.63) is 118 Å². The van der Waals surface area contributed by atoms with Gasteiger partial charge in [0.15, 0.2) is 21.4 Å². The van der Waals surface area contributed by atoms with E-state index >= 15 is 0 Å². The number of anilines is 2. The third kappa shape index (κ3) is 5.43. The molecule has 1 aliphatic carbocycles. The van der Waals surface area contributed by atoms with E-state index in [4.69, 9.17) is 4.74 Å².